The van der Waals surface area contributed by atoms with E-state index in [0.717, 1.165) is 29.6 Å². The lowest BCUT2D eigenvalue weighted by atomic mass is 10.00. The van der Waals surface area contributed by atoms with Crippen molar-refractivity contribution in [3.05, 3.63) is 60.0 Å². The number of benzene rings is 1. The molecule has 1 fully saturated rings. The number of carbonyl (C=O) groups excluding carboxylic acids is 3. The highest BCUT2D eigenvalue weighted by atomic mass is 16.6. The van der Waals surface area contributed by atoms with E-state index in [9.17, 15) is 24.3 Å². The molecule has 2 aromatic heterocycles. The molecule has 0 aliphatic carbocycles. The Kier molecular flexibility index (Phi) is 9.54. The summed E-state index contributed by atoms with van der Waals surface area (Å²) in [6.45, 7) is 11.2. The maximum absolute atomic E-state index is 13.9. The molecule has 0 bridgehead atoms. The zero-order valence-corrected chi connectivity index (χ0v) is 25.6. The fourth-order valence-corrected chi connectivity index (χ4v) is 5.39. The first kappa shape index (κ1) is 31.7. The molecular weight excluding hydrogens is 550 g/mol. The van der Waals surface area contributed by atoms with E-state index >= 15 is 0 Å². The molecule has 0 saturated carbocycles. The van der Waals surface area contributed by atoms with Crippen molar-refractivity contribution < 1.29 is 29.0 Å². The molecule has 1 aliphatic heterocycles. The molecular formula is C32H41N5O6. The number of carboxylic acid groups (broad SMARTS) is 1. The molecule has 1 aliphatic rings. The van der Waals surface area contributed by atoms with Crippen LogP contribution in [0.1, 0.15) is 76.3 Å². The fraction of sp³-hybridized carbons (Fsp3) is 0.469. The summed E-state index contributed by atoms with van der Waals surface area (Å²) in [6, 6.07) is 7.21. The summed E-state index contributed by atoms with van der Waals surface area (Å²) in [7, 11) is 0. The van der Waals surface area contributed by atoms with Gasteiger partial charge in [0.25, 0.3) is 0 Å². The molecule has 11 heteroatoms. The number of nitrogens with one attached hydrogen (secondary N) is 2. The van der Waals surface area contributed by atoms with Gasteiger partial charge in [-0.3, -0.25) is 24.7 Å². The van der Waals surface area contributed by atoms with Crippen molar-refractivity contribution in [2.75, 3.05) is 13.1 Å². The second-order valence-corrected chi connectivity index (χ2v) is 12.3. The van der Waals surface area contributed by atoms with Gasteiger partial charge in [0.1, 0.15) is 11.6 Å². The SMILES string of the molecule is CC(C)[C@H](NC(=O)[C@H](C)NCC(=O)OC(C)(C)C)C(=O)N1CCC[C@H]1c1cncc(-n2ccc3c(C(=O)O)cccc32)c1. The molecule has 3 heterocycles. The number of nitrogens with zero attached hydrogens (tertiary/aromatic N) is 3. The van der Waals surface area contributed by atoms with Crippen molar-refractivity contribution in [2.45, 2.75) is 78.1 Å². The van der Waals surface area contributed by atoms with E-state index in [1.807, 2.05) is 36.7 Å². The molecule has 4 rings (SSSR count). The highest BCUT2D eigenvalue weighted by molar-refractivity contribution is 6.03. The first-order valence-corrected chi connectivity index (χ1v) is 14.6. The lowest BCUT2D eigenvalue weighted by molar-refractivity contribution is -0.153. The summed E-state index contributed by atoms with van der Waals surface area (Å²) >= 11 is 0. The van der Waals surface area contributed by atoms with Crippen LogP contribution in [0.4, 0.5) is 0 Å². The second-order valence-electron chi connectivity index (χ2n) is 12.3. The Morgan fingerprint density at radius 2 is 1.86 bits per heavy atom. The summed E-state index contributed by atoms with van der Waals surface area (Å²) in [5.74, 6) is -2.18. The molecule has 0 unspecified atom stereocenters. The Morgan fingerprint density at radius 3 is 2.53 bits per heavy atom. The Labute approximate surface area is 251 Å². The molecule has 3 aromatic rings. The van der Waals surface area contributed by atoms with Crippen molar-refractivity contribution >= 4 is 34.7 Å². The molecule has 43 heavy (non-hydrogen) atoms. The topological polar surface area (TPSA) is 143 Å². The minimum atomic E-state index is -0.990. The van der Waals surface area contributed by atoms with Crippen molar-refractivity contribution in [1.29, 1.82) is 0 Å². The maximum atomic E-state index is 13.9. The highest BCUT2D eigenvalue weighted by Crippen LogP contribution is 2.34. The van der Waals surface area contributed by atoms with Gasteiger partial charge in [0, 0.05) is 24.3 Å². The van der Waals surface area contributed by atoms with Crippen LogP contribution in [0.5, 0.6) is 0 Å². The van der Waals surface area contributed by atoms with E-state index in [0.29, 0.717) is 11.9 Å². The maximum Gasteiger partial charge on any atom is 0.336 e. The van der Waals surface area contributed by atoms with Crippen LogP contribution >= 0.6 is 0 Å². The number of hydrogen-bond donors (Lipinski definition) is 3. The summed E-state index contributed by atoms with van der Waals surface area (Å²) in [5, 5.41) is 16.0. The number of rotatable bonds is 10. The smallest absolute Gasteiger partial charge is 0.336 e. The predicted molar refractivity (Wildman–Crippen MR) is 162 cm³/mol. The number of amides is 2. The lowest BCUT2D eigenvalue weighted by Gasteiger charge is -2.32. The molecule has 230 valence electrons. The minimum Gasteiger partial charge on any atom is -0.478 e. The van der Waals surface area contributed by atoms with E-state index < -0.39 is 29.6 Å². The van der Waals surface area contributed by atoms with Gasteiger partial charge >= 0.3 is 11.9 Å². The number of hydrogen-bond acceptors (Lipinski definition) is 7. The zero-order chi connectivity index (χ0) is 31.5. The van der Waals surface area contributed by atoms with E-state index in [-0.39, 0.29) is 35.9 Å². The van der Waals surface area contributed by atoms with Gasteiger partial charge < -0.3 is 24.6 Å². The molecule has 3 N–H and O–H groups in total. The zero-order valence-electron chi connectivity index (χ0n) is 25.6. The van der Waals surface area contributed by atoms with Gasteiger partial charge in [-0.2, -0.15) is 0 Å². The number of fused-ring (bicyclic) bond motifs is 1. The van der Waals surface area contributed by atoms with Crippen molar-refractivity contribution in [3.63, 3.8) is 0 Å². The van der Waals surface area contributed by atoms with Crippen LogP contribution in [-0.2, 0) is 19.1 Å². The Balaban J connectivity index is 1.49. The van der Waals surface area contributed by atoms with Crippen LogP contribution in [-0.4, -0.2) is 74.1 Å². The van der Waals surface area contributed by atoms with Crippen LogP contribution in [0.3, 0.4) is 0 Å². The first-order chi connectivity index (χ1) is 20.3. The van der Waals surface area contributed by atoms with Crippen LogP contribution in [0, 0.1) is 5.92 Å². The van der Waals surface area contributed by atoms with Crippen molar-refractivity contribution in [1.82, 2.24) is 25.1 Å². The number of carbonyl (C=O) groups is 4. The molecule has 2 amide bonds. The van der Waals surface area contributed by atoms with Gasteiger partial charge in [0.05, 0.1) is 41.6 Å². The average molecular weight is 592 g/mol. The molecule has 1 aromatic carbocycles. The molecule has 3 atom stereocenters. The molecule has 0 spiro atoms. The highest BCUT2D eigenvalue weighted by Gasteiger charge is 2.37. The minimum absolute atomic E-state index is 0.127. The average Bonchev–Trinajstić information content (AvgIpc) is 3.61. The fourth-order valence-electron chi connectivity index (χ4n) is 5.39. The monoisotopic (exact) mass is 591 g/mol. The van der Waals surface area contributed by atoms with Crippen LogP contribution < -0.4 is 10.6 Å². The third kappa shape index (κ3) is 7.40. The van der Waals surface area contributed by atoms with E-state index in [4.69, 9.17) is 4.74 Å². The summed E-state index contributed by atoms with van der Waals surface area (Å²) < 4.78 is 7.18. The number of pyridine rings is 1. The standard InChI is InChI=1S/C32H41N5O6/c1-19(2)28(35-29(39)20(3)34-18-27(38)43-32(4,5)6)30(40)37-13-8-11-25(37)21-15-22(17-33-16-21)36-14-12-23-24(31(41)42)9-7-10-26(23)36/h7,9-10,12,14-17,19-20,25,28,34H,8,11,13,18H2,1-6H3,(H,35,39)(H,41,42)/t20-,25-,28-/m0/s1. The quantitative estimate of drug-likeness (QED) is 0.302. The van der Waals surface area contributed by atoms with Crippen LogP contribution in [0.2, 0.25) is 0 Å². The van der Waals surface area contributed by atoms with E-state index in [2.05, 4.69) is 15.6 Å². The Morgan fingerprint density at radius 1 is 1.12 bits per heavy atom. The molecule has 0 radical (unpaired) electrons. The van der Waals surface area contributed by atoms with Crippen molar-refractivity contribution in [2.24, 2.45) is 5.92 Å². The number of ether oxygens (including phenoxy) is 1. The van der Waals surface area contributed by atoms with Crippen LogP contribution in [0.15, 0.2) is 48.9 Å². The normalized spacial score (nSPS) is 16.7. The molecule has 1 saturated heterocycles. The number of aromatic carboxylic acids is 1. The summed E-state index contributed by atoms with van der Waals surface area (Å²) in [6.07, 6.45) is 6.83. The van der Waals surface area contributed by atoms with Gasteiger partial charge in [-0.15, -0.1) is 0 Å². The predicted octanol–water partition coefficient (Wildman–Crippen LogP) is 3.85. The largest absolute Gasteiger partial charge is 0.478 e. The summed E-state index contributed by atoms with van der Waals surface area (Å²) in [5.41, 5.74) is 1.97. The first-order valence-electron chi connectivity index (χ1n) is 14.6. The Bertz CT molecular complexity index is 1510. The second kappa shape index (κ2) is 12.9. The number of carboxylic acids is 1. The number of aromatic nitrogens is 2. The van der Waals surface area contributed by atoms with Gasteiger partial charge in [-0.05, 0) is 76.3 Å². The lowest BCUT2D eigenvalue weighted by Crippen LogP contribution is -2.55. The van der Waals surface area contributed by atoms with Gasteiger partial charge in [-0.1, -0.05) is 19.9 Å². The number of likely N-dealkylation sites (tertiary alicyclic amines) is 1. The van der Waals surface area contributed by atoms with Gasteiger partial charge in [0.2, 0.25) is 11.8 Å². The third-order valence-electron chi connectivity index (χ3n) is 7.50. The molecule has 11 nitrogen and oxygen atoms in total. The van der Waals surface area contributed by atoms with Crippen molar-refractivity contribution in [3.8, 4) is 5.69 Å². The number of esters is 1. The summed E-state index contributed by atoms with van der Waals surface area (Å²) in [4.78, 5) is 56.9. The third-order valence-corrected chi connectivity index (χ3v) is 7.50. The van der Waals surface area contributed by atoms with E-state index in [1.54, 1.807) is 63.2 Å². The van der Waals surface area contributed by atoms with Gasteiger partial charge in [0.15, 0.2) is 0 Å². The Hall–Kier alpha value is -4.25. The van der Waals surface area contributed by atoms with Crippen LogP contribution in [0.25, 0.3) is 16.6 Å². The van der Waals surface area contributed by atoms with Gasteiger partial charge in [-0.25, -0.2) is 4.79 Å². The van der Waals surface area contributed by atoms with E-state index in [1.165, 1.54) is 0 Å².